The molecule has 9 rings (SSSR count). The Labute approximate surface area is 297 Å². The maximum atomic E-state index is 6.14. The fourth-order valence-electron chi connectivity index (χ4n) is 6.94. The van der Waals surface area contributed by atoms with Crippen LogP contribution in [0.4, 0.5) is 34.1 Å². The van der Waals surface area contributed by atoms with E-state index in [0.29, 0.717) is 0 Å². The second kappa shape index (κ2) is 13.2. The Kier molecular flexibility index (Phi) is 7.84. The summed E-state index contributed by atoms with van der Waals surface area (Å²) in [6.45, 7) is 0. The van der Waals surface area contributed by atoms with Crippen molar-refractivity contribution in [2.75, 3.05) is 9.80 Å². The van der Waals surface area contributed by atoms with Crippen molar-refractivity contribution in [2.45, 2.75) is 0 Å². The topological polar surface area (TPSA) is 19.6 Å². The molecule has 0 unspecified atom stereocenters. The van der Waals surface area contributed by atoms with Crippen LogP contribution in [0, 0.1) is 0 Å². The number of hydrogen-bond donors (Lipinski definition) is 0. The van der Waals surface area contributed by atoms with Crippen LogP contribution in [0.25, 0.3) is 44.2 Å². The predicted molar refractivity (Wildman–Crippen MR) is 214 cm³/mol. The van der Waals surface area contributed by atoms with Gasteiger partial charge in [-0.1, -0.05) is 121 Å². The molecule has 8 aromatic carbocycles. The Hall–Kier alpha value is -6.84. The van der Waals surface area contributed by atoms with E-state index in [0.717, 1.165) is 67.2 Å². The maximum Gasteiger partial charge on any atom is 0.135 e. The molecule has 0 atom stereocenters. The van der Waals surface area contributed by atoms with Crippen LogP contribution in [0.1, 0.15) is 0 Å². The molecule has 0 aliphatic heterocycles. The number of nitrogens with zero attached hydrogens (tertiary/aromatic N) is 2. The lowest BCUT2D eigenvalue weighted by atomic mass is 10.0. The first-order valence-electron chi connectivity index (χ1n) is 17.3. The molecule has 0 aliphatic carbocycles. The normalized spacial score (nSPS) is 11.1. The monoisotopic (exact) mass is 654 g/mol. The van der Waals surface area contributed by atoms with Crippen LogP contribution in [-0.2, 0) is 0 Å². The average Bonchev–Trinajstić information content (AvgIpc) is 3.58. The van der Waals surface area contributed by atoms with Crippen LogP contribution in [0.3, 0.4) is 0 Å². The Morgan fingerprint density at radius 1 is 0.255 bits per heavy atom. The van der Waals surface area contributed by atoms with Crippen LogP contribution in [0.5, 0.6) is 0 Å². The average molecular weight is 655 g/mol. The second-order valence-electron chi connectivity index (χ2n) is 12.6. The van der Waals surface area contributed by atoms with E-state index in [1.54, 1.807) is 0 Å². The fourth-order valence-corrected chi connectivity index (χ4v) is 6.94. The molecule has 0 fully saturated rings. The van der Waals surface area contributed by atoms with Gasteiger partial charge < -0.3 is 14.2 Å². The Bertz CT molecular complexity index is 2540. The lowest BCUT2D eigenvalue weighted by molar-refractivity contribution is 0.669. The lowest BCUT2D eigenvalue weighted by Gasteiger charge is -2.26. The first-order valence-corrected chi connectivity index (χ1v) is 17.3. The Balaban J connectivity index is 1.03. The number of fused-ring (bicyclic) bond motifs is 3. The van der Waals surface area contributed by atoms with E-state index in [1.807, 2.05) is 12.1 Å². The number of rotatable bonds is 8. The number of furan rings is 1. The largest absolute Gasteiger partial charge is 0.456 e. The van der Waals surface area contributed by atoms with Crippen molar-refractivity contribution in [3.05, 3.63) is 206 Å². The van der Waals surface area contributed by atoms with E-state index in [2.05, 4.69) is 204 Å². The first-order chi connectivity index (χ1) is 25.3. The zero-order valence-electron chi connectivity index (χ0n) is 27.9. The highest BCUT2D eigenvalue weighted by Gasteiger charge is 2.16. The van der Waals surface area contributed by atoms with Crippen LogP contribution in [0.2, 0.25) is 0 Å². The molecule has 0 radical (unpaired) electrons. The first kappa shape index (κ1) is 30.2. The van der Waals surface area contributed by atoms with E-state index in [9.17, 15) is 0 Å². The van der Waals surface area contributed by atoms with Gasteiger partial charge in [-0.25, -0.2) is 0 Å². The molecule has 0 amide bonds. The van der Waals surface area contributed by atoms with E-state index in [-0.39, 0.29) is 0 Å². The summed E-state index contributed by atoms with van der Waals surface area (Å²) >= 11 is 0. The molecule has 242 valence electrons. The SMILES string of the molecule is c1ccc(-c2ccc(N(c3ccccc3)c3ccc(-c4ccc(N(c5ccccc5)c5ccc6oc7ccccc7c6c5)cc4)cc3)cc2)cc1. The highest BCUT2D eigenvalue weighted by molar-refractivity contribution is 6.06. The lowest BCUT2D eigenvalue weighted by Crippen LogP contribution is -2.10. The van der Waals surface area contributed by atoms with Crippen LogP contribution in [-0.4, -0.2) is 0 Å². The molecule has 0 saturated heterocycles. The molecule has 0 bridgehead atoms. The van der Waals surface area contributed by atoms with Crippen molar-refractivity contribution >= 4 is 56.1 Å². The molecule has 51 heavy (non-hydrogen) atoms. The van der Waals surface area contributed by atoms with E-state index in [4.69, 9.17) is 4.42 Å². The van der Waals surface area contributed by atoms with Gasteiger partial charge in [0.15, 0.2) is 0 Å². The summed E-state index contributed by atoms with van der Waals surface area (Å²) in [6.07, 6.45) is 0. The minimum absolute atomic E-state index is 0.891. The summed E-state index contributed by atoms with van der Waals surface area (Å²) in [7, 11) is 0. The standard InChI is InChI=1S/C48H34N2O/c1-4-12-35(13-5-1)36-20-26-41(27-21-36)49(39-14-6-2-7-15-39)42-28-22-37(23-29-42)38-24-30-43(31-25-38)50(40-16-8-3-9-17-40)44-32-33-48-46(34-44)45-18-10-11-19-47(45)51-48/h1-34H. The third-order valence-electron chi connectivity index (χ3n) is 9.46. The molecule has 0 spiro atoms. The van der Waals surface area contributed by atoms with Crippen LogP contribution < -0.4 is 9.80 Å². The smallest absolute Gasteiger partial charge is 0.135 e. The van der Waals surface area contributed by atoms with Crippen LogP contribution in [0.15, 0.2) is 211 Å². The van der Waals surface area contributed by atoms with Crippen molar-refractivity contribution in [3.63, 3.8) is 0 Å². The summed E-state index contributed by atoms with van der Waals surface area (Å²) in [6, 6.07) is 72.7. The van der Waals surface area contributed by atoms with Gasteiger partial charge in [0.25, 0.3) is 0 Å². The number of hydrogen-bond acceptors (Lipinski definition) is 3. The Morgan fingerprint density at radius 2 is 0.608 bits per heavy atom. The summed E-state index contributed by atoms with van der Waals surface area (Å²) in [5.74, 6) is 0. The quantitative estimate of drug-likeness (QED) is 0.163. The molecule has 3 heteroatoms. The van der Waals surface area contributed by atoms with Gasteiger partial charge in [-0.2, -0.15) is 0 Å². The van der Waals surface area contributed by atoms with E-state index < -0.39 is 0 Å². The maximum absolute atomic E-state index is 6.14. The number of anilines is 6. The van der Waals surface area contributed by atoms with Gasteiger partial charge in [-0.3, -0.25) is 0 Å². The molecule has 1 aromatic heterocycles. The van der Waals surface area contributed by atoms with Crippen molar-refractivity contribution < 1.29 is 4.42 Å². The third-order valence-corrected chi connectivity index (χ3v) is 9.46. The second-order valence-corrected chi connectivity index (χ2v) is 12.6. The van der Waals surface area contributed by atoms with Crippen molar-refractivity contribution in [1.82, 2.24) is 0 Å². The van der Waals surface area contributed by atoms with Gasteiger partial charge in [-0.15, -0.1) is 0 Å². The highest BCUT2D eigenvalue weighted by atomic mass is 16.3. The van der Waals surface area contributed by atoms with Crippen molar-refractivity contribution in [2.24, 2.45) is 0 Å². The molecule has 0 saturated carbocycles. The van der Waals surface area contributed by atoms with Gasteiger partial charge in [0.2, 0.25) is 0 Å². The number of para-hydroxylation sites is 3. The molecule has 1 heterocycles. The summed E-state index contributed by atoms with van der Waals surface area (Å²) in [5.41, 5.74) is 13.1. The molecule has 9 aromatic rings. The molecular formula is C48H34N2O. The van der Waals surface area contributed by atoms with Crippen LogP contribution >= 0.6 is 0 Å². The fraction of sp³-hybridized carbons (Fsp3) is 0. The molecular weight excluding hydrogens is 621 g/mol. The van der Waals surface area contributed by atoms with Gasteiger partial charge >= 0.3 is 0 Å². The zero-order valence-corrected chi connectivity index (χ0v) is 27.9. The van der Waals surface area contributed by atoms with Gasteiger partial charge in [0.05, 0.1) is 0 Å². The predicted octanol–water partition coefficient (Wildman–Crippen LogP) is 13.9. The minimum Gasteiger partial charge on any atom is -0.456 e. The molecule has 3 nitrogen and oxygen atoms in total. The number of benzene rings is 8. The summed E-state index contributed by atoms with van der Waals surface area (Å²) in [5, 5.41) is 2.23. The Morgan fingerprint density at radius 3 is 1.12 bits per heavy atom. The minimum atomic E-state index is 0.891. The summed E-state index contributed by atoms with van der Waals surface area (Å²) in [4.78, 5) is 4.61. The third kappa shape index (κ3) is 5.92. The van der Waals surface area contributed by atoms with Gasteiger partial charge in [0.1, 0.15) is 11.2 Å². The van der Waals surface area contributed by atoms with E-state index in [1.165, 1.54) is 11.1 Å². The van der Waals surface area contributed by atoms with E-state index >= 15 is 0 Å². The van der Waals surface area contributed by atoms with Gasteiger partial charge in [-0.05, 0) is 107 Å². The zero-order chi connectivity index (χ0) is 34.0. The molecule has 0 aliphatic rings. The van der Waals surface area contributed by atoms with Crippen molar-refractivity contribution in [3.8, 4) is 22.3 Å². The highest BCUT2D eigenvalue weighted by Crippen LogP contribution is 2.40. The van der Waals surface area contributed by atoms with Gasteiger partial charge in [0, 0.05) is 44.9 Å². The molecule has 0 N–H and O–H groups in total. The van der Waals surface area contributed by atoms with Crippen molar-refractivity contribution in [1.29, 1.82) is 0 Å². The summed E-state index contributed by atoms with van der Waals surface area (Å²) < 4.78 is 6.14.